The molecule has 0 unspecified atom stereocenters. The third kappa shape index (κ3) is 3.91. The fraction of sp³-hybridized carbons (Fsp3) is 0.0800. The number of hydrogen-bond donors (Lipinski definition) is 0. The van der Waals surface area contributed by atoms with Crippen molar-refractivity contribution >= 4 is 39.6 Å². The quantitative estimate of drug-likeness (QED) is 0.183. The summed E-state index contributed by atoms with van der Waals surface area (Å²) in [4.78, 5) is 5.09. The fourth-order valence-electron chi connectivity index (χ4n) is 9.64. The van der Waals surface area contributed by atoms with Crippen molar-refractivity contribution in [1.82, 2.24) is 0 Å². The molecule has 1 aliphatic heterocycles. The summed E-state index contributed by atoms with van der Waals surface area (Å²) < 4.78 is 0. The number of fused-ring (bicyclic) bond motifs is 13. The van der Waals surface area contributed by atoms with Gasteiger partial charge >= 0.3 is 0 Å². The van der Waals surface area contributed by atoms with Gasteiger partial charge in [-0.15, -0.1) is 0 Å². The summed E-state index contributed by atoms with van der Waals surface area (Å²) in [5.74, 6) is 0. The second kappa shape index (κ2) is 10.8. The van der Waals surface area contributed by atoms with Gasteiger partial charge in [-0.25, -0.2) is 0 Å². The summed E-state index contributed by atoms with van der Waals surface area (Å²) in [5.41, 5.74) is 16.6. The van der Waals surface area contributed by atoms with E-state index in [1.165, 1.54) is 87.6 Å². The van der Waals surface area contributed by atoms with Gasteiger partial charge in [0.15, 0.2) is 0 Å². The lowest BCUT2D eigenvalue weighted by molar-refractivity contribution is 0.660. The summed E-state index contributed by atoms with van der Waals surface area (Å²) >= 11 is 1.91. The maximum atomic E-state index is 2.50. The number of benzene rings is 8. The smallest absolute Gasteiger partial charge is 0.0735 e. The van der Waals surface area contributed by atoms with Crippen LogP contribution in [0.4, 0.5) is 17.1 Å². The third-order valence-electron chi connectivity index (χ3n) is 11.9. The van der Waals surface area contributed by atoms with Crippen LogP contribution in [0.5, 0.6) is 0 Å². The van der Waals surface area contributed by atoms with Crippen molar-refractivity contribution in [3.63, 3.8) is 0 Å². The second-order valence-corrected chi connectivity index (χ2v) is 15.9. The van der Waals surface area contributed by atoms with Gasteiger partial charge in [-0.3, -0.25) is 0 Å². The molecule has 11 rings (SSSR count). The van der Waals surface area contributed by atoms with Crippen LogP contribution in [0, 0.1) is 0 Å². The second-order valence-electron chi connectivity index (χ2n) is 14.9. The van der Waals surface area contributed by atoms with E-state index in [4.69, 9.17) is 0 Å². The lowest BCUT2D eigenvalue weighted by atomic mass is 9.67. The van der Waals surface area contributed by atoms with E-state index in [-0.39, 0.29) is 5.41 Å². The van der Waals surface area contributed by atoms with Crippen LogP contribution >= 0.6 is 11.8 Å². The van der Waals surface area contributed by atoms with E-state index >= 15 is 0 Å². The first-order valence-electron chi connectivity index (χ1n) is 18.2. The number of rotatable bonds is 3. The average molecular weight is 682 g/mol. The molecule has 0 saturated carbocycles. The van der Waals surface area contributed by atoms with Crippen molar-refractivity contribution in [2.75, 3.05) is 4.90 Å². The maximum Gasteiger partial charge on any atom is 0.0735 e. The van der Waals surface area contributed by atoms with Crippen molar-refractivity contribution in [1.29, 1.82) is 0 Å². The van der Waals surface area contributed by atoms with Crippen molar-refractivity contribution in [3.8, 4) is 22.3 Å². The predicted octanol–water partition coefficient (Wildman–Crippen LogP) is 13.4. The van der Waals surface area contributed by atoms with Crippen LogP contribution in [0.25, 0.3) is 33.0 Å². The third-order valence-corrected chi connectivity index (χ3v) is 13.0. The van der Waals surface area contributed by atoms with Crippen LogP contribution in [0.3, 0.4) is 0 Å². The van der Waals surface area contributed by atoms with Crippen LogP contribution < -0.4 is 4.90 Å². The average Bonchev–Trinajstić information content (AvgIpc) is 3.61. The highest BCUT2D eigenvalue weighted by Gasteiger charge is 2.50. The normalized spacial score (nSPS) is 15.0. The lowest BCUT2D eigenvalue weighted by Gasteiger charge is -2.40. The molecule has 0 aromatic heterocycles. The predicted molar refractivity (Wildman–Crippen MR) is 218 cm³/mol. The Morgan fingerprint density at radius 3 is 1.73 bits per heavy atom. The molecule has 0 bridgehead atoms. The highest BCUT2D eigenvalue weighted by atomic mass is 32.2. The Hall–Kier alpha value is -5.83. The van der Waals surface area contributed by atoms with Gasteiger partial charge in [0, 0.05) is 32.0 Å². The van der Waals surface area contributed by atoms with Crippen LogP contribution in [0.15, 0.2) is 186 Å². The zero-order valence-corrected chi connectivity index (χ0v) is 29.9. The highest BCUT2D eigenvalue weighted by molar-refractivity contribution is 7.99. The molecule has 246 valence electrons. The summed E-state index contributed by atoms with van der Waals surface area (Å²) in [5, 5.41) is 2.49. The first kappa shape index (κ1) is 29.9. The Bertz CT molecular complexity index is 2710. The highest BCUT2D eigenvalue weighted by Crippen LogP contribution is 2.63. The van der Waals surface area contributed by atoms with Crippen molar-refractivity contribution in [2.45, 2.75) is 34.5 Å². The summed E-state index contributed by atoms with van der Waals surface area (Å²) in [6.45, 7) is 4.73. The van der Waals surface area contributed by atoms with Crippen molar-refractivity contribution < 1.29 is 0 Å². The first-order chi connectivity index (χ1) is 25.5. The minimum atomic E-state index is -0.395. The van der Waals surface area contributed by atoms with Crippen molar-refractivity contribution in [3.05, 3.63) is 209 Å². The van der Waals surface area contributed by atoms with Gasteiger partial charge in [0.1, 0.15) is 0 Å². The zero-order chi connectivity index (χ0) is 34.6. The molecule has 3 aliphatic rings. The molecule has 1 spiro atoms. The first-order valence-corrected chi connectivity index (χ1v) is 19.0. The fourth-order valence-corrected chi connectivity index (χ4v) is 10.9. The molecule has 0 N–H and O–H groups in total. The Morgan fingerprint density at radius 1 is 0.404 bits per heavy atom. The number of para-hydroxylation sites is 1. The van der Waals surface area contributed by atoms with Gasteiger partial charge in [-0.2, -0.15) is 0 Å². The van der Waals surface area contributed by atoms with Gasteiger partial charge in [0.2, 0.25) is 0 Å². The minimum absolute atomic E-state index is 0.0890. The molecule has 8 aromatic carbocycles. The topological polar surface area (TPSA) is 3.24 Å². The molecule has 1 nitrogen and oxygen atoms in total. The molecule has 0 saturated heterocycles. The van der Waals surface area contributed by atoms with Crippen LogP contribution in [-0.4, -0.2) is 0 Å². The summed E-state index contributed by atoms with van der Waals surface area (Å²) in [7, 11) is 0. The van der Waals surface area contributed by atoms with E-state index in [0.717, 1.165) is 5.69 Å². The molecular weight excluding hydrogens is 647 g/mol. The van der Waals surface area contributed by atoms with Gasteiger partial charge in [0.25, 0.3) is 0 Å². The van der Waals surface area contributed by atoms with E-state index in [0.29, 0.717) is 0 Å². The number of nitrogens with zero attached hydrogens (tertiary/aromatic N) is 1. The molecule has 52 heavy (non-hydrogen) atoms. The van der Waals surface area contributed by atoms with Gasteiger partial charge < -0.3 is 4.90 Å². The Morgan fingerprint density at radius 2 is 1.00 bits per heavy atom. The number of hydrogen-bond acceptors (Lipinski definition) is 2. The van der Waals surface area contributed by atoms with Crippen molar-refractivity contribution in [2.24, 2.45) is 0 Å². The largest absolute Gasteiger partial charge is 0.310 e. The molecule has 2 heteroatoms. The number of anilines is 3. The Balaban J connectivity index is 1.17. The molecule has 2 aliphatic carbocycles. The van der Waals surface area contributed by atoms with Gasteiger partial charge in [0.05, 0.1) is 11.1 Å². The molecule has 8 aromatic rings. The van der Waals surface area contributed by atoms with E-state index in [1.54, 1.807) is 0 Å². The van der Waals surface area contributed by atoms with Gasteiger partial charge in [-0.1, -0.05) is 153 Å². The molecular formula is C50H35NS. The van der Waals surface area contributed by atoms with E-state index < -0.39 is 5.41 Å². The van der Waals surface area contributed by atoms with Gasteiger partial charge in [-0.05, 0) is 110 Å². The lowest BCUT2D eigenvalue weighted by Crippen LogP contribution is -2.32. The van der Waals surface area contributed by atoms with Crippen LogP contribution in [-0.2, 0) is 10.8 Å². The molecule has 0 radical (unpaired) electrons. The van der Waals surface area contributed by atoms with E-state index in [9.17, 15) is 0 Å². The Labute approximate surface area is 309 Å². The molecule has 0 atom stereocenters. The Kier molecular flexibility index (Phi) is 6.22. The molecule has 1 heterocycles. The maximum absolute atomic E-state index is 2.50. The minimum Gasteiger partial charge on any atom is -0.310 e. The van der Waals surface area contributed by atoms with E-state index in [2.05, 4.69) is 195 Å². The molecule has 0 fully saturated rings. The van der Waals surface area contributed by atoms with Crippen LogP contribution in [0.2, 0.25) is 0 Å². The van der Waals surface area contributed by atoms with Crippen LogP contribution in [0.1, 0.15) is 47.2 Å². The van der Waals surface area contributed by atoms with E-state index in [1.807, 2.05) is 11.8 Å². The summed E-state index contributed by atoms with van der Waals surface area (Å²) in [6.07, 6.45) is 0. The monoisotopic (exact) mass is 681 g/mol. The molecule has 0 amide bonds. The SMILES string of the molecule is CC1(C)c2ccccc2-c2ccc(N(c3ccccc3)c3cccc4cc5c(cc34)Sc3ccccc3C53c4ccccc4-c4ccccc43)cc21. The standard InChI is InChI=1S/C50H35NS/c1-49(2)40-21-9-6-18-35(40)38-28-27-34(30-44(38)49)51(33-16-4-3-5-17-33)46-25-14-15-32-29-45-48(31-39(32)46)52-47-26-13-12-24-43(47)50(45)41-22-10-7-19-36(41)37-20-8-11-23-42(37)50/h3-31H,1-2H3. The summed E-state index contributed by atoms with van der Waals surface area (Å²) in [6, 6.07) is 65.9. The zero-order valence-electron chi connectivity index (χ0n) is 29.1.